The molecule has 0 aliphatic heterocycles. The average molecular weight is 242 g/mol. The molecule has 1 aliphatic rings. The Morgan fingerprint density at radius 3 is 2.94 bits per heavy atom. The standard InChI is InChI=1S/C12H20ClN3/c1-3-16-12(10(13)8-15-16)7-6-11(14-2)9-4-5-9/h8-9,11,14H,3-7H2,1-2H3. The van der Waals surface area contributed by atoms with Crippen LogP contribution in [-0.2, 0) is 13.0 Å². The van der Waals surface area contributed by atoms with Gasteiger partial charge in [0.1, 0.15) is 0 Å². The maximum absolute atomic E-state index is 6.14. The lowest BCUT2D eigenvalue weighted by Gasteiger charge is -2.15. The second-order valence-corrected chi connectivity index (χ2v) is 4.93. The summed E-state index contributed by atoms with van der Waals surface area (Å²) in [6.07, 6.45) is 6.70. The third-order valence-corrected chi connectivity index (χ3v) is 3.77. The van der Waals surface area contributed by atoms with E-state index in [1.54, 1.807) is 6.20 Å². The summed E-state index contributed by atoms with van der Waals surface area (Å²) in [5.74, 6) is 0.891. The first-order valence-electron chi connectivity index (χ1n) is 6.13. The van der Waals surface area contributed by atoms with Gasteiger partial charge in [-0.3, -0.25) is 4.68 Å². The minimum absolute atomic E-state index is 0.649. The molecule has 1 fully saturated rings. The van der Waals surface area contributed by atoms with Crippen LogP contribution in [0.2, 0.25) is 5.02 Å². The number of hydrogen-bond acceptors (Lipinski definition) is 2. The summed E-state index contributed by atoms with van der Waals surface area (Å²) in [7, 11) is 2.06. The summed E-state index contributed by atoms with van der Waals surface area (Å²) in [6.45, 7) is 3.00. The van der Waals surface area contributed by atoms with E-state index in [-0.39, 0.29) is 0 Å². The van der Waals surface area contributed by atoms with E-state index in [0.717, 1.165) is 30.3 Å². The first-order valence-corrected chi connectivity index (χ1v) is 6.51. The number of halogens is 1. The molecule has 4 heteroatoms. The molecule has 1 saturated carbocycles. The lowest BCUT2D eigenvalue weighted by atomic mass is 10.1. The largest absolute Gasteiger partial charge is 0.317 e. The zero-order valence-corrected chi connectivity index (χ0v) is 10.8. The van der Waals surface area contributed by atoms with E-state index in [0.29, 0.717) is 6.04 Å². The second-order valence-electron chi connectivity index (χ2n) is 4.53. The number of rotatable bonds is 6. The van der Waals surface area contributed by atoms with Gasteiger partial charge >= 0.3 is 0 Å². The fraction of sp³-hybridized carbons (Fsp3) is 0.750. The number of nitrogens with one attached hydrogen (secondary N) is 1. The Hall–Kier alpha value is -0.540. The molecule has 1 aromatic rings. The van der Waals surface area contributed by atoms with E-state index in [1.165, 1.54) is 18.5 Å². The van der Waals surface area contributed by atoms with Crippen molar-refractivity contribution in [3.8, 4) is 0 Å². The van der Waals surface area contributed by atoms with E-state index in [2.05, 4.69) is 24.4 Å². The number of hydrogen-bond donors (Lipinski definition) is 1. The van der Waals surface area contributed by atoms with Crippen molar-refractivity contribution in [3.63, 3.8) is 0 Å². The van der Waals surface area contributed by atoms with Gasteiger partial charge in [0.2, 0.25) is 0 Å². The minimum Gasteiger partial charge on any atom is -0.317 e. The number of aryl methyl sites for hydroxylation is 1. The Balaban J connectivity index is 1.94. The van der Waals surface area contributed by atoms with Crippen molar-refractivity contribution in [1.29, 1.82) is 0 Å². The van der Waals surface area contributed by atoms with Gasteiger partial charge in [0.15, 0.2) is 0 Å². The van der Waals surface area contributed by atoms with Crippen molar-refractivity contribution in [2.45, 2.75) is 45.2 Å². The highest BCUT2D eigenvalue weighted by molar-refractivity contribution is 6.31. The highest BCUT2D eigenvalue weighted by atomic mass is 35.5. The maximum atomic E-state index is 6.14. The molecule has 0 amide bonds. The van der Waals surface area contributed by atoms with Crippen molar-refractivity contribution in [2.75, 3.05) is 7.05 Å². The maximum Gasteiger partial charge on any atom is 0.0817 e. The van der Waals surface area contributed by atoms with Crippen LogP contribution < -0.4 is 5.32 Å². The molecule has 90 valence electrons. The summed E-state index contributed by atoms with van der Waals surface area (Å²) in [5, 5.41) is 8.49. The van der Waals surface area contributed by atoms with Crippen LogP contribution >= 0.6 is 11.6 Å². The van der Waals surface area contributed by atoms with Gasteiger partial charge in [-0.25, -0.2) is 0 Å². The van der Waals surface area contributed by atoms with Crippen LogP contribution in [0.5, 0.6) is 0 Å². The summed E-state index contributed by atoms with van der Waals surface area (Å²) in [5.41, 5.74) is 1.19. The molecule has 0 saturated heterocycles. The Morgan fingerprint density at radius 2 is 2.38 bits per heavy atom. The molecule has 0 bridgehead atoms. The molecule has 0 aromatic carbocycles. The lowest BCUT2D eigenvalue weighted by Crippen LogP contribution is -2.28. The van der Waals surface area contributed by atoms with E-state index < -0.39 is 0 Å². The Bertz CT molecular complexity index is 344. The van der Waals surface area contributed by atoms with E-state index in [1.807, 2.05) is 4.68 Å². The van der Waals surface area contributed by atoms with Gasteiger partial charge in [0.25, 0.3) is 0 Å². The fourth-order valence-corrected chi connectivity index (χ4v) is 2.55. The van der Waals surface area contributed by atoms with Crippen molar-refractivity contribution in [2.24, 2.45) is 5.92 Å². The molecule has 1 heterocycles. The van der Waals surface area contributed by atoms with Gasteiger partial charge in [-0.05, 0) is 45.6 Å². The first kappa shape index (κ1) is 11.9. The van der Waals surface area contributed by atoms with Crippen LogP contribution in [0.4, 0.5) is 0 Å². The van der Waals surface area contributed by atoms with Crippen LogP contribution in [0.25, 0.3) is 0 Å². The third-order valence-electron chi connectivity index (χ3n) is 3.45. The predicted molar refractivity (Wildman–Crippen MR) is 66.8 cm³/mol. The van der Waals surface area contributed by atoms with Gasteiger partial charge < -0.3 is 5.32 Å². The molecule has 1 N–H and O–H groups in total. The zero-order valence-electron chi connectivity index (χ0n) is 10.0. The van der Waals surface area contributed by atoms with Gasteiger partial charge in [0.05, 0.1) is 16.9 Å². The van der Waals surface area contributed by atoms with Crippen molar-refractivity contribution in [3.05, 3.63) is 16.9 Å². The lowest BCUT2D eigenvalue weighted by molar-refractivity contribution is 0.461. The molecule has 3 nitrogen and oxygen atoms in total. The molecule has 1 atom stereocenters. The summed E-state index contributed by atoms with van der Waals surface area (Å²) in [4.78, 5) is 0. The van der Waals surface area contributed by atoms with Crippen LogP contribution in [0.1, 0.15) is 31.9 Å². The SMILES string of the molecule is CCn1ncc(Cl)c1CCC(NC)C1CC1. The zero-order chi connectivity index (χ0) is 11.5. The van der Waals surface area contributed by atoms with Crippen molar-refractivity contribution >= 4 is 11.6 Å². The molecular weight excluding hydrogens is 222 g/mol. The molecule has 16 heavy (non-hydrogen) atoms. The van der Waals surface area contributed by atoms with Crippen LogP contribution in [0.15, 0.2) is 6.20 Å². The van der Waals surface area contributed by atoms with Gasteiger partial charge in [-0.1, -0.05) is 11.6 Å². The quantitative estimate of drug-likeness (QED) is 0.830. The van der Waals surface area contributed by atoms with Gasteiger partial charge in [0, 0.05) is 12.6 Å². The molecule has 2 rings (SSSR count). The third kappa shape index (κ3) is 2.58. The fourth-order valence-electron chi connectivity index (χ4n) is 2.32. The van der Waals surface area contributed by atoms with Crippen LogP contribution in [-0.4, -0.2) is 22.9 Å². The Labute approximate surface area is 102 Å². The molecule has 0 radical (unpaired) electrons. The minimum atomic E-state index is 0.649. The molecule has 1 aromatic heterocycles. The van der Waals surface area contributed by atoms with Gasteiger partial charge in [-0.2, -0.15) is 5.10 Å². The number of aromatic nitrogens is 2. The molecule has 1 unspecified atom stereocenters. The van der Waals surface area contributed by atoms with E-state index in [4.69, 9.17) is 11.6 Å². The smallest absolute Gasteiger partial charge is 0.0817 e. The highest BCUT2D eigenvalue weighted by Crippen LogP contribution is 2.34. The van der Waals surface area contributed by atoms with Crippen molar-refractivity contribution in [1.82, 2.24) is 15.1 Å². The topological polar surface area (TPSA) is 29.9 Å². The van der Waals surface area contributed by atoms with Crippen molar-refractivity contribution < 1.29 is 0 Å². The Morgan fingerprint density at radius 1 is 1.62 bits per heavy atom. The number of nitrogens with zero attached hydrogens (tertiary/aromatic N) is 2. The second kappa shape index (κ2) is 5.19. The van der Waals surface area contributed by atoms with E-state index >= 15 is 0 Å². The van der Waals surface area contributed by atoms with Crippen LogP contribution in [0, 0.1) is 5.92 Å². The van der Waals surface area contributed by atoms with Crippen LogP contribution in [0.3, 0.4) is 0 Å². The van der Waals surface area contributed by atoms with Gasteiger partial charge in [-0.15, -0.1) is 0 Å². The highest BCUT2D eigenvalue weighted by Gasteiger charge is 2.29. The summed E-state index contributed by atoms with van der Waals surface area (Å²) in [6, 6.07) is 0.649. The summed E-state index contributed by atoms with van der Waals surface area (Å²) < 4.78 is 2.00. The Kier molecular flexibility index (Phi) is 3.87. The molecule has 0 spiro atoms. The molecule has 1 aliphatic carbocycles. The summed E-state index contributed by atoms with van der Waals surface area (Å²) >= 11 is 6.14. The average Bonchev–Trinajstić information content (AvgIpc) is 3.06. The predicted octanol–water partition coefficient (Wildman–Crippen LogP) is 2.49. The molecular formula is C12H20ClN3. The van der Waals surface area contributed by atoms with E-state index in [9.17, 15) is 0 Å². The normalized spacial score (nSPS) is 17.7. The first-order chi connectivity index (χ1) is 7.76. The monoisotopic (exact) mass is 241 g/mol.